The maximum atomic E-state index is 13.0. The Hall–Kier alpha value is -1.85. The minimum atomic E-state index is 0.0412. The van der Waals surface area contributed by atoms with Gasteiger partial charge in [0, 0.05) is 30.2 Å². The molecule has 0 saturated carbocycles. The first-order valence-electron chi connectivity index (χ1n) is 8.47. The van der Waals surface area contributed by atoms with Gasteiger partial charge < -0.3 is 10.2 Å². The zero-order valence-electron chi connectivity index (χ0n) is 13.5. The number of H-pyrrole nitrogens is 1. The van der Waals surface area contributed by atoms with E-state index in [2.05, 4.69) is 15.5 Å². The molecule has 1 aromatic carbocycles. The minimum absolute atomic E-state index is 0.0412. The number of carbonyl (C=O) groups excluding carboxylic acids is 1. The highest BCUT2D eigenvalue weighted by atomic mass is 35.5. The molecular formula is C18H21ClN4O. The second kappa shape index (κ2) is 6.22. The highest BCUT2D eigenvalue weighted by molar-refractivity contribution is 6.33. The van der Waals surface area contributed by atoms with Crippen molar-refractivity contribution in [2.45, 2.75) is 19.3 Å². The number of nitrogens with one attached hydrogen (secondary N) is 2. The maximum Gasteiger partial charge on any atom is 0.257 e. The van der Waals surface area contributed by atoms with Crippen molar-refractivity contribution in [3.8, 4) is 11.3 Å². The first-order valence-corrected chi connectivity index (χ1v) is 8.85. The van der Waals surface area contributed by atoms with Gasteiger partial charge in [-0.3, -0.25) is 9.89 Å². The molecule has 0 atom stereocenters. The predicted molar refractivity (Wildman–Crippen MR) is 94.1 cm³/mol. The maximum absolute atomic E-state index is 13.0. The smallest absolute Gasteiger partial charge is 0.257 e. The summed E-state index contributed by atoms with van der Waals surface area (Å²) in [6.45, 7) is 3.82. The molecule has 2 aliphatic heterocycles. The summed E-state index contributed by atoms with van der Waals surface area (Å²) in [6.07, 6.45) is 4.99. The molecule has 0 aliphatic carbocycles. The van der Waals surface area contributed by atoms with Gasteiger partial charge in [0.25, 0.3) is 5.91 Å². The summed E-state index contributed by atoms with van der Waals surface area (Å²) in [7, 11) is 0. The zero-order valence-corrected chi connectivity index (χ0v) is 14.3. The van der Waals surface area contributed by atoms with Crippen LogP contribution in [-0.4, -0.2) is 47.2 Å². The number of halogens is 1. The van der Waals surface area contributed by atoms with Crippen LogP contribution in [-0.2, 0) is 0 Å². The number of aromatic amines is 1. The number of nitrogens with zero attached hydrogens (tertiary/aromatic N) is 2. The molecule has 1 aromatic heterocycles. The Morgan fingerprint density at radius 3 is 2.71 bits per heavy atom. The number of benzene rings is 1. The van der Waals surface area contributed by atoms with E-state index in [1.165, 1.54) is 6.42 Å². The second-order valence-corrected chi connectivity index (χ2v) is 7.26. The number of likely N-dealkylation sites (tertiary alicyclic amines) is 1. The van der Waals surface area contributed by atoms with E-state index in [0.29, 0.717) is 21.7 Å². The van der Waals surface area contributed by atoms with Crippen molar-refractivity contribution in [3.05, 3.63) is 41.0 Å². The van der Waals surface area contributed by atoms with E-state index < -0.39 is 0 Å². The third-order valence-corrected chi connectivity index (χ3v) is 5.79. The van der Waals surface area contributed by atoms with Crippen molar-refractivity contribution in [1.82, 2.24) is 20.4 Å². The van der Waals surface area contributed by atoms with Gasteiger partial charge in [-0.2, -0.15) is 5.10 Å². The molecule has 0 radical (unpaired) electrons. The largest absolute Gasteiger partial charge is 0.338 e. The third-order valence-electron chi connectivity index (χ3n) is 5.46. The Labute approximate surface area is 146 Å². The van der Waals surface area contributed by atoms with Crippen LogP contribution >= 0.6 is 11.6 Å². The quantitative estimate of drug-likeness (QED) is 0.880. The van der Waals surface area contributed by atoms with E-state index >= 15 is 0 Å². The lowest BCUT2D eigenvalue weighted by molar-refractivity contribution is 0.0608. The molecule has 2 aliphatic rings. The van der Waals surface area contributed by atoms with Gasteiger partial charge in [0.05, 0.1) is 17.5 Å². The van der Waals surface area contributed by atoms with Crippen LogP contribution in [0.4, 0.5) is 0 Å². The van der Waals surface area contributed by atoms with Crippen LogP contribution in [0, 0.1) is 5.41 Å². The number of carbonyl (C=O) groups is 1. The van der Waals surface area contributed by atoms with E-state index in [1.54, 1.807) is 6.20 Å². The molecule has 2 N–H and O–H groups in total. The highest BCUT2D eigenvalue weighted by Gasteiger charge is 2.38. The monoisotopic (exact) mass is 344 g/mol. The van der Waals surface area contributed by atoms with Gasteiger partial charge in [-0.05, 0) is 37.3 Å². The third kappa shape index (κ3) is 2.72. The van der Waals surface area contributed by atoms with Gasteiger partial charge in [-0.1, -0.05) is 29.8 Å². The number of hydrogen-bond donors (Lipinski definition) is 2. The average molecular weight is 345 g/mol. The van der Waals surface area contributed by atoms with Gasteiger partial charge in [-0.15, -0.1) is 0 Å². The lowest BCUT2D eigenvalue weighted by Crippen LogP contribution is -2.44. The number of rotatable bonds is 2. The van der Waals surface area contributed by atoms with Crippen molar-refractivity contribution in [2.24, 2.45) is 5.41 Å². The topological polar surface area (TPSA) is 61.0 Å². The van der Waals surface area contributed by atoms with Crippen LogP contribution < -0.4 is 5.32 Å². The molecule has 3 heterocycles. The summed E-state index contributed by atoms with van der Waals surface area (Å²) in [5.41, 5.74) is 2.52. The summed E-state index contributed by atoms with van der Waals surface area (Å²) in [5.74, 6) is 0.0412. The molecule has 2 fully saturated rings. The molecule has 1 amide bonds. The molecule has 1 spiro atoms. The molecule has 5 nitrogen and oxygen atoms in total. The average Bonchev–Trinajstić information content (AvgIpc) is 3.25. The van der Waals surface area contributed by atoms with Crippen molar-refractivity contribution in [3.63, 3.8) is 0 Å². The fourth-order valence-corrected chi connectivity index (χ4v) is 4.12. The number of amides is 1. The van der Waals surface area contributed by atoms with Crippen LogP contribution in [0.1, 0.15) is 29.6 Å². The Morgan fingerprint density at radius 1 is 1.21 bits per heavy atom. The van der Waals surface area contributed by atoms with Gasteiger partial charge in [0.15, 0.2) is 0 Å². The fraction of sp³-hybridized carbons (Fsp3) is 0.444. The van der Waals surface area contributed by atoms with E-state index in [0.717, 1.165) is 44.6 Å². The van der Waals surface area contributed by atoms with Crippen LogP contribution in [0.3, 0.4) is 0 Å². The summed E-state index contributed by atoms with van der Waals surface area (Å²) in [4.78, 5) is 14.9. The number of piperidine rings is 1. The molecule has 2 aromatic rings. The molecule has 0 bridgehead atoms. The first kappa shape index (κ1) is 15.7. The summed E-state index contributed by atoms with van der Waals surface area (Å²) in [6, 6.07) is 7.52. The van der Waals surface area contributed by atoms with Crippen molar-refractivity contribution >= 4 is 17.5 Å². The molecular weight excluding hydrogens is 324 g/mol. The van der Waals surface area contributed by atoms with Crippen molar-refractivity contribution in [1.29, 1.82) is 0 Å². The van der Waals surface area contributed by atoms with Crippen LogP contribution in [0.15, 0.2) is 30.5 Å². The molecule has 6 heteroatoms. The zero-order chi connectivity index (χ0) is 16.6. The Bertz CT molecular complexity index is 741. The first-order chi connectivity index (χ1) is 11.7. The van der Waals surface area contributed by atoms with Crippen molar-refractivity contribution in [2.75, 3.05) is 26.2 Å². The number of hydrogen-bond acceptors (Lipinski definition) is 3. The summed E-state index contributed by atoms with van der Waals surface area (Å²) in [5, 5.41) is 11.1. The van der Waals surface area contributed by atoms with E-state index in [1.807, 2.05) is 29.2 Å². The van der Waals surface area contributed by atoms with E-state index in [-0.39, 0.29) is 5.91 Å². The van der Waals surface area contributed by atoms with Gasteiger partial charge in [-0.25, -0.2) is 0 Å². The lowest BCUT2D eigenvalue weighted by Gasteiger charge is -2.38. The number of aromatic nitrogens is 2. The van der Waals surface area contributed by atoms with E-state index in [9.17, 15) is 4.79 Å². The van der Waals surface area contributed by atoms with Crippen LogP contribution in [0.5, 0.6) is 0 Å². The Balaban J connectivity index is 1.54. The molecule has 0 unspecified atom stereocenters. The lowest BCUT2D eigenvalue weighted by atomic mass is 9.78. The molecule has 24 heavy (non-hydrogen) atoms. The standard InChI is InChI=1S/C18H21ClN4O/c19-15-4-2-1-3-13(15)16-14(11-21-22-16)17(24)23-9-6-18(7-10-23)5-8-20-12-18/h1-4,11,20H,5-10,12H2,(H,21,22). The Kier molecular flexibility index (Phi) is 4.06. The van der Waals surface area contributed by atoms with Gasteiger partial charge in [0.1, 0.15) is 0 Å². The van der Waals surface area contributed by atoms with Crippen LogP contribution in [0.2, 0.25) is 5.02 Å². The van der Waals surface area contributed by atoms with Gasteiger partial charge >= 0.3 is 0 Å². The minimum Gasteiger partial charge on any atom is -0.338 e. The van der Waals surface area contributed by atoms with Gasteiger partial charge in [0.2, 0.25) is 0 Å². The van der Waals surface area contributed by atoms with Crippen LogP contribution in [0.25, 0.3) is 11.3 Å². The SMILES string of the molecule is O=C(c1cn[nH]c1-c1ccccc1Cl)N1CCC2(CCNC2)CC1. The summed E-state index contributed by atoms with van der Waals surface area (Å²) >= 11 is 6.28. The molecule has 4 rings (SSSR count). The van der Waals surface area contributed by atoms with Crippen molar-refractivity contribution < 1.29 is 4.79 Å². The van der Waals surface area contributed by atoms with E-state index in [4.69, 9.17) is 11.6 Å². The second-order valence-electron chi connectivity index (χ2n) is 6.86. The Morgan fingerprint density at radius 2 is 2.00 bits per heavy atom. The summed E-state index contributed by atoms with van der Waals surface area (Å²) < 4.78 is 0. The normalized spacial score (nSPS) is 19.8. The predicted octanol–water partition coefficient (Wildman–Crippen LogP) is 2.95. The fourth-order valence-electron chi connectivity index (χ4n) is 3.89. The molecule has 126 valence electrons. The highest BCUT2D eigenvalue weighted by Crippen LogP contribution is 2.37. The molecule has 2 saturated heterocycles.